The van der Waals surface area contributed by atoms with Gasteiger partial charge in [0.25, 0.3) is 0 Å². The van der Waals surface area contributed by atoms with Crippen molar-refractivity contribution in [2.75, 3.05) is 6.54 Å². The molecule has 136 valence electrons. The van der Waals surface area contributed by atoms with Crippen LogP contribution in [0.3, 0.4) is 0 Å². The van der Waals surface area contributed by atoms with Gasteiger partial charge in [0.1, 0.15) is 6.10 Å². The van der Waals surface area contributed by atoms with Crippen LogP contribution in [0.15, 0.2) is 66.4 Å². The van der Waals surface area contributed by atoms with Crippen molar-refractivity contribution in [2.24, 2.45) is 0 Å². The van der Waals surface area contributed by atoms with Crippen molar-refractivity contribution in [1.29, 1.82) is 0 Å². The lowest BCUT2D eigenvalue weighted by Crippen LogP contribution is -2.21. The summed E-state index contributed by atoms with van der Waals surface area (Å²) in [7, 11) is 0. The Labute approximate surface area is 153 Å². The second-order valence-electron chi connectivity index (χ2n) is 6.36. The first-order valence-corrected chi connectivity index (χ1v) is 8.91. The summed E-state index contributed by atoms with van der Waals surface area (Å²) < 4.78 is 5.62. The highest BCUT2D eigenvalue weighted by molar-refractivity contribution is 5.90. The zero-order valence-electron chi connectivity index (χ0n) is 14.7. The average Bonchev–Trinajstić information content (AvgIpc) is 3.18. The fraction of sp³-hybridized carbons (Fsp3) is 0.286. The van der Waals surface area contributed by atoms with E-state index in [-0.39, 0.29) is 11.9 Å². The van der Waals surface area contributed by atoms with Crippen LogP contribution in [0.25, 0.3) is 0 Å². The van der Waals surface area contributed by atoms with Crippen LogP contribution in [0.5, 0.6) is 0 Å². The van der Waals surface area contributed by atoms with E-state index in [2.05, 4.69) is 41.7 Å². The zero-order chi connectivity index (χ0) is 18.2. The molecule has 2 aromatic carbocycles. The molecule has 3 N–H and O–H groups in total. The Balaban J connectivity index is 1.44. The van der Waals surface area contributed by atoms with E-state index in [1.165, 1.54) is 11.1 Å². The fourth-order valence-corrected chi connectivity index (χ4v) is 3.07. The van der Waals surface area contributed by atoms with Crippen molar-refractivity contribution >= 4 is 5.91 Å². The second kappa shape index (κ2) is 9.17. The van der Waals surface area contributed by atoms with Gasteiger partial charge in [-0.15, -0.1) is 0 Å². The molecule has 1 atom stereocenters. The number of amides is 1. The van der Waals surface area contributed by atoms with Crippen LogP contribution < -0.4 is 10.8 Å². The highest BCUT2D eigenvalue weighted by Gasteiger charge is 2.24. The number of aryl methyl sites for hydroxylation is 1. The highest BCUT2D eigenvalue weighted by Crippen LogP contribution is 2.31. The summed E-state index contributed by atoms with van der Waals surface area (Å²) in [5.41, 5.74) is 5.18. The number of carbonyl (C=O) groups excluding carboxylic acids is 1. The van der Waals surface area contributed by atoms with E-state index in [0.29, 0.717) is 6.42 Å². The number of ether oxygens (including phenoxy) is 1. The van der Waals surface area contributed by atoms with E-state index in [1.807, 2.05) is 18.2 Å². The van der Waals surface area contributed by atoms with Crippen LogP contribution in [-0.4, -0.2) is 17.7 Å². The summed E-state index contributed by atoms with van der Waals surface area (Å²) in [4.78, 5) is 11.4. The first kappa shape index (κ1) is 18.2. The molecular weight excluding hydrogens is 328 g/mol. The molecule has 0 saturated heterocycles. The lowest BCUT2D eigenvalue weighted by atomic mass is 10.0. The molecule has 5 nitrogen and oxygen atoms in total. The number of nitrogens with one attached hydrogen (secondary N) is 2. The molecule has 0 aromatic heterocycles. The minimum absolute atomic E-state index is 0.168. The van der Waals surface area contributed by atoms with Crippen molar-refractivity contribution in [3.63, 3.8) is 0 Å². The summed E-state index contributed by atoms with van der Waals surface area (Å²) in [6.45, 7) is 1.76. The van der Waals surface area contributed by atoms with Crippen molar-refractivity contribution in [2.45, 2.75) is 31.9 Å². The van der Waals surface area contributed by atoms with E-state index in [1.54, 1.807) is 11.6 Å². The number of hydrogen-bond donors (Lipinski definition) is 3. The molecule has 0 bridgehead atoms. The molecule has 1 aliphatic rings. The Morgan fingerprint density at radius 2 is 1.92 bits per heavy atom. The molecule has 1 unspecified atom stereocenters. The largest absolute Gasteiger partial charge is 0.480 e. The molecule has 3 rings (SSSR count). The molecular formula is C21H24N2O3. The highest BCUT2D eigenvalue weighted by atomic mass is 16.5. The minimum atomic E-state index is -0.608. The van der Waals surface area contributed by atoms with Crippen molar-refractivity contribution in [1.82, 2.24) is 10.8 Å². The lowest BCUT2D eigenvalue weighted by Gasteiger charge is -2.14. The van der Waals surface area contributed by atoms with Gasteiger partial charge in [-0.2, -0.15) is 0 Å². The third-order valence-electron chi connectivity index (χ3n) is 4.43. The van der Waals surface area contributed by atoms with Gasteiger partial charge in [0.05, 0.1) is 0 Å². The molecule has 2 aromatic rings. The number of rotatable bonds is 8. The quantitative estimate of drug-likeness (QED) is 0.387. The van der Waals surface area contributed by atoms with Gasteiger partial charge in [-0.3, -0.25) is 10.0 Å². The SMILES string of the molecule is O=C(NO)C1=CCC(c2cccc(CNCCCc3ccccc3)c2)O1. The Bertz CT molecular complexity index is 759. The predicted molar refractivity (Wildman–Crippen MR) is 99.4 cm³/mol. The van der Waals surface area contributed by atoms with Gasteiger partial charge in [0.2, 0.25) is 0 Å². The van der Waals surface area contributed by atoms with Gasteiger partial charge >= 0.3 is 5.91 Å². The van der Waals surface area contributed by atoms with Gasteiger partial charge < -0.3 is 10.1 Å². The number of benzene rings is 2. The Morgan fingerprint density at radius 3 is 2.73 bits per heavy atom. The van der Waals surface area contributed by atoms with Crippen molar-refractivity contribution in [3.05, 3.63) is 83.1 Å². The molecule has 0 saturated carbocycles. The van der Waals surface area contributed by atoms with Crippen LogP contribution in [0.1, 0.15) is 35.6 Å². The van der Waals surface area contributed by atoms with Gasteiger partial charge in [-0.05, 0) is 42.2 Å². The van der Waals surface area contributed by atoms with Gasteiger partial charge in [-0.25, -0.2) is 5.48 Å². The fourth-order valence-electron chi connectivity index (χ4n) is 3.07. The van der Waals surface area contributed by atoms with E-state index < -0.39 is 5.91 Å². The molecule has 26 heavy (non-hydrogen) atoms. The predicted octanol–water partition coefficient (Wildman–Crippen LogP) is 3.26. The van der Waals surface area contributed by atoms with Crippen molar-refractivity contribution < 1.29 is 14.7 Å². The first-order valence-electron chi connectivity index (χ1n) is 8.91. The van der Waals surface area contributed by atoms with Crippen LogP contribution in [-0.2, 0) is 22.5 Å². The average molecular weight is 352 g/mol. The first-order chi connectivity index (χ1) is 12.8. The molecule has 0 spiro atoms. The number of hydroxylamine groups is 1. The molecule has 5 heteroatoms. The maximum absolute atomic E-state index is 11.4. The molecule has 0 fully saturated rings. The Morgan fingerprint density at radius 1 is 1.12 bits per heavy atom. The van der Waals surface area contributed by atoms with Crippen LogP contribution in [0.4, 0.5) is 0 Å². The van der Waals surface area contributed by atoms with E-state index >= 15 is 0 Å². The van der Waals surface area contributed by atoms with Crippen LogP contribution in [0, 0.1) is 0 Å². The monoisotopic (exact) mass is 352 g/mol. The molecule has 0 radical (unpaired) electrons. The summed E-state index contributed by atoms with van der Waals surface area (Å²) >= 11 is 0. The van der Waals surface area contributed by atoms with Crippen LogP contribution >= 0.6 is 0 Å². The van der Waals surface area contributed by atoms with E-state index in [9.17, 15) is 4.79 Å². The minimum Gasteiger partial charge on any atom is -0.480 e. The number of hydrogen-bond acceptors (Lipinski definition) is 4. The topological polar surface area (TPSA) is 70.6 Å². The standard InChI is InChI=1S/C21H24N2O3/c24-21(23-25)20-12-11-19(26-20)18-10-4-8-17(14-18)15-22-13-5-9-16-6-2-1-3-7-16/h1-4,6-8,10,12,14,19,22,25H,5,9,11,13,15H2,(H,23,24). The Kier molecular flexibility index (Phi) is 6.41. The molecule has 0 aliphatic carbocycles. The normalized spacial score (nSPS) is 16.0. The van der Waals surface area contributed by atoms with E-state index in [0.717, 1.165) is 31.5 Å². The molecule has 1 aliphatic heterocycles. The molecule has 1 heterocycles. The van der Waals surface area contributed by atoms with Gasteiger partial charge in [-0.1, -0.05) is 54.6 Å². The zero-order valence-corrected chi connectivity index (χ0v) is 14.7. The van der Waals surface area contributed by atoms with E-state index in [4.69, 9.17) is 9.94 Å². The maximum atomic E-state index is 11.4. The third kappa shape index (κ3) is 4.94. The summed E-state index contributed by atoms with van der Waals surface area (Å²) in [6, 6.07) is 18.7. The van der Waals surface area contributed by atoms with Gasteiger partial charge in [0, 0.05) is 13.0 Å². The van der Waals surface area contributed by atoms with Crippen LogP contribution in [0.2, 0.25) is 0 Å². The maximum Gasteiger partial charge on any atom is 0.309 e. The third-order valence-corrected chi connectivity index (χ3v) is 4.43. The van der Waals surface area contributed by atoms with Crippen molar-refractivity contribution in [3.8, 4) is 0 Å². The number of carbonyl (C=O) groups is 1. The Hall–Kier alpha value is -2.63. The van der Waals surface area contributed by atoms with Gasteiger partial charge in [0.15, 0.2) is 5.76 Å². The lowest BCUT2D eigenvalue weighted by molar-refractivity contribution is -0.129. The smallest absolute Gasteiger partial charge is 0.309 e. The molecule has 1 amide bonds. The second-order valence-corrected chi connectivity index (χ2v) is 6.36. The summed E-state index contributed by atoms with van der Waals surface area (Å²) in [6.07, 6.45) is 4.31. The summed E-state index contributed by atoms with van der Waals surface area (Å²) in [5, 5.41) is 12.2. The summed E-state index contributed by atoms with van der Waals surface area (Å²) in [5.74, 6) is -0.439.